The Morgan fingerprint density at radius 3 is 2.71 bits per heavy atom. The number of hydrogen-bond acceptors (Lipinski definition) is 6. The molecule has 2 heterocycles. The number of aromatic nitrogens is 2. The summed E-state index contributed by atoms with van der Waals surface area (Å²) in [6.07, 6.45) is 1.62. The maximum Gasteiger partial charge on any atom is 0.205 e. The van der Waals surface area contributed by atoms with Crippen LogP contribution in [0.15, 0.2) is 30.3 Å². The smallest absolute Gasteiger partial charge is 0.205 e. The van der Waals surface area contributed by atoms with Crippen molar-refractivity contribution >= 4 is 16.5 Å². The van der Waals surface area contributed by atoms with E-state index in [1.165, 1.54) is 5.56 Å². The van der Waals surface area contributed by atoms with Gasteiger partial charge in [-0.1, -0.05) is 41.7 Å². The molecule has 0 aliphatic carbocycles. The number of anilines is 1. The molecule has 21 heavy (non-hydrogen) atoms. The van der Waals surface area contributed by atoms with Crippen LogP contribution in [0.5, 0.6) is 0 Å². The zero-order chi connectivity index (χ0) is 14.5. The number of nitrogens with zero attached hydrogens (tertiary/aromatic N) is 2. The van der Waals surface area contributed by atoms with Crippen LogP contribution in [0.2, 0.25) is 0 Å². The summed E-state index contributed by atoms with van der Waals surface area (Å²) < 4.78 is 11.1. The first-order valence-corrected chi connectivity index (χ1v) is 7.93. The highest BCUT2D eigenvalue weighted by Crippen LogP contribution is 2.23. The second kappa shape index (κ2) is 6.51. The summed E-state index contributed by atoms with van der Waals surface area (Å²) in [4.78, 5) is 0. The molecule has 1 aliphatic rings. The predicted molar refractivity (Wildman–Crippen MR) is 82.6 cm³/mol. The number of benzene rings is 1. The van der Waals surface area contributed by atoms with Crippen LogP contribution in [0, 0.1) is 0 Å². The van der Waals surface area contributed by atoms with E-state index in [2.05, 4.69) is 27.6 Å². The van der Waals surface area contributed by atoms with Gasteiger partial charge in [-0.3, -0.25) is 0 Å². The van der Waals surface area contributed by atoms with Crippen molar-refractivity contribution in [2.24, 2.45) is 0 Å². The molecule has 5 nitrogen and oxygen atoms in total. The molecular formula is C15H19N3O2S. The first-order valence-electron chi connectivity index (χ1n) is 7.12. The molecule has 0 amide bonds. The summed E-state index contributed by atoms with van der Waals surface area (Å²) in [5, 5.41) is 13.6. The molecular weight excluding hydrogens is 286 g/mol. The van der Waals surface area contributed by atoms with Gasteiger partial charge in [-0.2, -0.15) is 0 Å². The van der Waals surface area contributed by atoms with E-state index in [9.17, 15) is 0 Å². The third-order valence-electron chi connectivity index (χ3n) is 3.42. The van der Waals surface area contributed by atoms with E-state index in [0.29, 0.717) is 13.2 Å². The van der Waals surface area contributed by atoms with Gasteiger partial charge in [-0.05, 0) is 12.5 Å². The zero-order valence-electron chi connectivity index (χ0n) is 12.0. The molecule has 112 valence electrons. The SMILES string of the molecule is CC1(CCNc2nnc(Cc3ccccc3)s2)OCCO1. The Morgan fingerprint density at radius 1 is 1.19 bits per heavy atom. The monoisotopic (exact) mass is 305 g/mol. The van der Waals surface area contributed by atoms with E-state index in [1.807, 2.05) is 25.1 Å². The minimum atomic E-state index is -0.454. The second-order valence-corrected chi connectivity index (χ2v) is 6.23. The first kappa shape index (κ1) is 14.4. The fourth-order valence-electron chi connectivity index (χ4n) is 2.26. The summed E-state index contributed by atoms with van der Waals surface area (Å²) in [6, 6.07) is 10.3. The van der Waals surface area contributed by atoms with Gasteiger partial charge in [0.25, 0.3) is 0 Å². The maximum atomic E-state index is 5.57. The molecule has 0 bridgehead atoms. The Balaban J connectivity index is 1.49. The van der Waals surface area contributed by atoms with Crippen molar-refractivity contribution in [3.8, 4) is 0 Å². The third kappa shape index (κ3) is 4.00. The van der Waals surface area contributed by atoms with E-state index < -0.39 is 5.79 Å². The lowest BCUT2D eigenvalue weighted by Gasteiger charge is -2.21. The molecule has 1 aromatic heterocycles. The minimum Gasteiger partial charge on any atom is -0.360 e. The maximum absolute atomic E-state index is 5.57. The van der Waals surface area contributed by atoms with Crippen LogP contribution in [-0.2, 0) is 15.9 Å². The van der Waals surface area contributed by atoms with Crippen LogP contribution < -0.4 is 5.32 Å². The van der Waals surface area contributed by atoms with Gasteiger partial charge in [0.15, 0.2) is 5.79 Å². The normalized spacial score (nSPS) is 17.0. The van der Waals surface area contributed by atoms with E-state index in [0.717, 1.165) is 29.5 Å². The number of ether oxygens (including phenoxy) is 2. The minimum absolute atomic E-state index is 0.454. The third-order valence-corrected chi connectivity index (χ3v) is 4.30. The lowest BCUT2D eigenvalue weighted by molar-refractivity contribution is -0.144. The van der Waals surface area contributed by atoms with Gasteiger partial charge < -0.3 is 14.8 Å². The van der Waals surface area contributed by atoms with Crippen LogP contribution in [-0.4, -0.2) is 35.7 Å². The van der Waals surface area contributed by atoms with E-state index in [-0.39, 0.29) is 0 Å². The average Bonchev–Trinajstić information content (AvgIpc) is 3.10. The van der Waals surface area contributed by atoms with Crippen LogP contribution >= 0.6 is 11.3 Å². The van der Waals surface area contributed by atoms with Crippen LogP contribution in [0.3, 0.4) is 0 Å². The summed E-state index contributed by atoms with van der Waals surface area (Å²) in [7, 11) is 0. The molecule has 2 aromatic rings. The van der Waals surface area contributed by atoms with Gasteiger partial charge in [-0.15, -0.1) is 10.2 Å². The van der Waals surface area contributed by atoms with Crippen LogP contribution in [0.1, 0.15) is 23.9 Å². The fourth-order valence-corrected chi connectivity index (χ4v) is 3.06. The largest absolute Gasteiger partial charge is 0.360 e. The van der Waals surface area contributed by atoms with Crippen molar-refractivity contribution in [3.05, 3.63) is 40.9 Å². The molecule has 1 saturated heterocycles. The molecule has 0 saturated carbocycles. The molecule has 3 rings (SSSR count). The number of hydrogen-bond donors (Lipinski definition) is 1. The molecule has 1 aromatic carbocycles. The Morgan fingerprint density at radius 2 is 1.95 bits per heavy atom. The van der Waals surface area contributed by atoms with Crippen molar-refractivity contribution in [1.29, 1.82) is 0 Å². The molecule has 0 atom stereocenters. The topological polar surface area (TPSA) is 56.3 Å². The predicted octanol–water partition coefficient (Wildman–Crippen LogP) is 2.69. The van der Waals surface area contributed by atoms with Gasteiger partial charge in [0.1, 0.15) is 5.01 Å². The summed E-state index contributed by atoms with van der Waals surface area (Å²) in [6.45, 7) is 4.09. The number of rotatable bonds is 6. The van der Waals surface area contributed by atoms with Gasteiger partial charge in [0.05, 0.1) is 13.2 Å². The molecule has 1 aliphatic heterocycles. The van der Waals surface area contributed by atoms with Crippen LogP contribution in [0.25, 0.3) is 0 Å². The van der Waals surface area contributed by atoms with Gasteiger partial charge in [-0.25, -0.2) is 0 Å². The highest BCUT2D eigenvalue weighted by Gasteiger charge is 2.30. The Bertz CT molecular complexity index is 567. The van der Waals surface area contributed by atoms with Crippen molar-refractivity contribution in [2.75, 3.05) is 25.1 Å². The van der Waals surface area contributed by atoms with E-state index in [4.69, 9.17) is 9.47 Å². The highest BCUT2D eigenvalue weighted by atomic mass is 32.1. The van der Waals surface area contributed by atoms with Crippen molar-refractivity contribution in [3.63, 3.8) is 0 Å². The first-order chi connectivity index (χ1) is 10.2. The van der Waals surface area contributed by atoms with E-state index >= 15 is 0 Å². The highest BCUT2D eigenvalue weighted by molar-refractivity contribution is 7.15. The van der Waals surface area contributed by atoms with Gasteiger partial charge in [0, 0.05) is 19.4 Å². The Kier molecular flexibility index (Phi) is 4.48. The standard InChI is InChI=1S/C15H19N3O2S/c1-15(19-9-10-20-15)7-8-16-14-18-17-13(21-14)11-12-5-3-2-4-6-12/h2-6H,7-11H2,1H3,(H,16,18). The lowest BCUT2D eigenvalue weighted by Crippen LogP contribution is -2.28. The quantitative estimate of drug-likeness (QED) is 0.889. The molecule has 1 fully saturated rings. The lowest BCUT2D eigenvalue weighted by atomic mass is 10.2. The fraction of sp³-hybridized carbons (Fsp3) is 0.467. The number of nitrogens with one attached hydrogen (secondary N) is 1. The van der Waals surface area contributed by atoms with E-state index in [1.54, 1.807) is 11.3 Å². The molecule has 6 heteroatoms. The van der Waals surface area contributed by atoms with Crippen LogP contribution in [0.4, 0.5) is 5.13 Å². The molecule has 0 unspecified atom stereocenters. The Hall–Kier alpha value is -1.50. The van der Waals surface area contributed by atoms with Gasteiger partial charge in [0.2, 0.25) is 5.13 Å². The zero-order valence-corrected chi connectivity index (χ0v) is 12.9. The Labute approximate surface area is 128 Å². The average molecular weight is 305 g/mol. The summed E-state index contributed by atoms with van der Waals surface area (Å²) in [5.74, 6) is -0.454. The van der Waals surface area contributed by atoms with Crippen molar-refractivity contribution in [2.45, 2.75) is 25.6 Å². The molecule has 0 spiro atoms. The molecule has 0 radical (unpaired) electrons. The summed E-state index contributed by atoms with van der Waals surface area (Å²) >= 11 is 1.59. The van der Waals surface area contributed by atoms with Gasteiger partial charge >= 0.3 is 0 Å². The summed E-state index contributed by atoms with van der Waals surface area (Å²) in [5.41, 5.74) is 1.25. The second-order valence-electron chi connectivity index (χ2n) is 5.17. The van der Waals surface area contributed by atoms with Crippen molar-refractivity contribution < 1.29 is 9.47 Å². The molecule has 1 N–H and O–H groups in total. The van der Waals surface area contributed by atoms with Crippen molar-refractivity contribution in [1.82, 2.24) is 10.2 Å².